The number of aliphatic carboxylic acids is 2. The first-order valence-corrected chi connectivity index (χ1v) is 10.1. The van der Waals surface area contributed by atoms with Gasteiger partial charge in [-0.2, -0.15) is 0 Å². The Labute approximate surface area is 193 Å². The number of carboxylic acids is 2. The molecular formula is C25H16ClN3O4. The Morgan fingerprint density at radius 2 is 1.21 bits per heavy atom. The highest BCUT2D eigenvalue weighted by molar-refractivity contribution is 6.34. The zero-order chi connectivity index (χ0) is 23.4. The molecule has 0 saturated heterocycles. The minimum atomic E-state index is -1.02. The fourth-order valence-electron chi connectivity index (χ4n) is 3.17. The van der Waals surface area contributed by atoms with E-state index in [2.05, 4.69) is 4.98 Å². The second-order valence-corrected chi connectivity index (χ2v) is 7.38. The molecule has 0 saturated carbocycles. The Kier molecular flexibility index (Phi) is 6.24. The lowest BCUT2D eigenvalue weighted by atomic mass is 10.0. The molecule has 0 aliphatic rings. The number of aromatic nitrogens is 3. The molecule has 0 radical (unpaired) electrons. The van der Waals surface area contributed by atoms with Crippen LogP contribution in [0.25, 0.3) is 45.8 Å². The Morgan fingerprint density at radius 3 is 1.70 bits per heavy atom. The topological polar surface area (TPSA) is 113 Å². The van der Waals surface area contributed by atoms with E-state index in [0.29, 0.717) is 27.6 Å². The monoisotopic (exact) mass is 457 g/mol. The van der Waals surface area contributed by atoms with Gasteiger partial charge in [-0.15, -0.1) is 0 Å². The molecule has 2 aromatic heterocycles. The van der Waals surface area contributed by atoms with E-state index in [1.54, 1.807) is 36.5 Å². The molecule has 0 aliphatic carbocycles. The molecule has 0 atom stereocenters. The van der Waals surface area contributed by atoms with Gasteiger partial charge in [0.2, 0.25) is 0 Å². The van der Waals surface area contributed by atoms with Crippen molar-refractivity contribution in [3.05, 3.63) is 89.1 Å². The van der Waals surface area contributed by atoms with E-state index in [1.165, 1.54) is 12.2 Å². The van der Waals surface area contributed by atoms with Crippen LogP contribution in [0.1, 0.15) is 11.1 Å². The summed E-state index contributed by atoms with van der Waals surface area (Å²) in [6.45, 7) is 0. The number of nitrogens with zero attached hydrogens (tertiary/aromatic N) is 3. The van der Waals surface area contributed by atoms with Crippen molar-refractivity contribution >= 4 is 46.9 Å². The van der Waals surface area contributed by atoms with Gasteiger partial charge in [0, 0.05) is 29.5 Å². The molecule has 162 valence electrons. The van der Waals surface area contributed by atoms with Crippen LogP contribution in [0.2, 0.25) is 5.02 Å². The number of carbonyl (C=O) groups is 2. The van der Waals surface area contributed by atoms with Crippen LogP contribution in [0.3, 0.4) is 0 Å². The number of hydrogen-bond acceptors (Lipinski definition) is 5. The minimum absolute atomic E-state index is 0.400. The Balaban J connectivity index is 1.83. The van der Waals surface area contributed by atoms with Crippen molar-refractivity contribution < 1.29 is 19.8 Å². The zero-order valence-corrected chi connectivity index (χ0v) is 17.8. The van der Waals surface area contributed by atoms with E-state index >= 15 is 0 Å². The summed E-state index contributed by atoms with van der Waals surface area (Å²) < 4.78 is 0. The van der Waals surface area contributed by atoms with E-state index in [1.807, 2.05) is 24.3 Å². The molecule has 0 amide bonds. The number of benzene rings is 2. The largest absolute Gasteiger partial charge is 0.478 e. The Morgan fingerprint density at radius 1 is 0.727 bits per heavy atom. The predicted molar refractivity (Wildman–Crippen MR) is 127 cm³/mol. The zero-order valence-electron chi connectivity index (χ0n) is 17.0. The molecule has 4 rings (SSSR count). The van der Waals surface area contributed by atoms with Crippen LogP contribution >= 0.6 is 11.6 Å². The van der Waals surface area contributed by atoms with Gasteiger partial charge in [-0.3, -0.25) is 0 Å². The predicted octanol–water partition coefficient (Wildman–Crippen LogP) is 5.21. The van der Waals surface area contributed by atoms with Gasteiger partial charge in [-0.1, -0.05) is 60.1 Å². The average Bonchev–Trinajstić information content (AvgIpc) is 2.82. The lowest BCUT2D eigenvalue weighted by Crippen LogP contribution is -1.97. The number of hydrogen-bond donors (Lipinski definition) is 2. The van der Waals surface area contributed by atoms with E-state index in [-0.39, 0.29) is 0 Å². The van der Waals surface area contributed by atoms with Crippen molar-refractivity contribution in [2.24, 2.45) is 0 Å². The first-order chi connectivity index (χ1) is 15.9. The average molecular weight is 458 g/mol. The Bertz CT molecular complexity index is 1410. The minimum Gasteiger partial charge on any atom is -0.478 e. The van der Waals surface area contributed by atoms with Gasteiger partial charge in [-0.05, 0) is 29.3 Å². The number of pyridine rings is 1. The molecule has 0 fully saturated rings. The van der Waals surface area contributed by atoms with Crippen molar-refractivity contribution in [1.29, 1.82) is 0 Å². The van der Waals surface area contributed by atoms with Gasteiger partial charge in [0.05, 0.1) is 16.4 Å². The second kappa shape index (κ2) is 9.42. The maximum Gasteiger partial charge on any atom is 0.328 e. The van der Waals surface area contributed by atoms with Crippen LogP contribution in [0.4, 0.5) is 0 Å². The number of fused-ring (bicyclic) bond motifs is 1. The second-order valence-electron chi connectivity index (χ2n) is 6.97. The van der Waals surface area contributed by atoms with Crippen LogP contribution in [-0.4, -0.2) is 37.1 Å². The lowest BCUT2D eigenvalue weighted by Gasteiger charge is -2.11. The third kappa shape index (κ3) is 5.11. The summed E-state index contributed by atoms with van der Waals surface area (Å²) in [4.78, 5) is 35.3. The first-order valence-electron chi connectivity index (χ1n) is 9.76. The van der Waals surface area contributed by atoms with Gasteiger partial charge >= 0.3 is 11.9 Å². The standard InChI is InChI=1S/C25H16ClN3O4/c26-19-13-14-27-25-24(19)28-22(17-7-1-15(2-8-17)5-11-20(30)31)23(29-25)18-9-3-16(4-10-18)6-12-21(32)33/h1-14H,(H,30,31)(H,32,33)/b11-5+,12-6+. The van der Waals surface area contributed by atoms with Gasteiger partial charge < -0.3 is 10.2 Å². The summed E-state index contributed by atoms with van der Waals surface area (Å²) in [6.07, 6.45) is 6.71. The molecule has 7 nitrogen and oxygen atoms in total. The van der Waals surface area contributed by atoms with Crippen molar-refractivity contribution in [3.63, 3.8) is 0 Å². The fraction of sp³-hybridized carbons (Fsp3) is 0. The molecule has 33 heavy (non-hydrogen) atoms. The molecule has 2 aromatic carbocycles. The summed E-state index contributed by atoms with van der Waals surface area (Å²) in [6, 6.07) is 16.1. The van der Waals surface area contributed by atoms with E-state index in [9.17, 15) is 9.59 Å². The molecule has 4 aromatic rings. The van der Waals surface area contributed by atoms with Gasteiger partial charge in [-0.25, -0.2) is 24.5 Å². The number of rotatable bonds is 6. The molecule has 2 N–H and O–H groups in total. The molecule has 0 unspecified atom stereocenters. The fourth-order valence-corrected chi connectivity index (χ4v) is 3.35. The van der Waals surface area contributed by atoms with E-state index < -0.39 is 11.9 Å². The number of halogens is 1. The van der Waals surface area contributed by atoms with Crippen LogP contribution in [0.5, 0.6) is 0 Å². The highest BCUT2D eigenvalue weighted by Gasteiger charge is 2.15. The van der Waals surface area contributed by atoms with Gasteiger partial charge in [0.15, 0.2) is 5.65 Å². The van der Waals surface area contributed by atoms with Crippen molar-refractivity contribution in [2.45, 2.75) is 0 Å². The maximum atomic E-state index is 10.8. The molecule has 0 bridgehead atoms. The van der Waals surface area contributed by atoms with Crippen molar-refractivity contribution in [1.82, 2.24) is 15.0 Å². The third-order valence-corrected chi connectivity index (χ3v) is 5.03. The lowest BCUT2D eigenvalue weighted by molar-refractivity contribution is -0.132. The van der Waals surface area contributed by atoms with Crippen molar-refractivity contribution in [3.8, 4) is 22.5 Å². The third-order valence-electron chi connectivity index (χ3n) is 4.73. The molecular weight excluding hydrogens is 442 g/mol. The summed E-state index contributed by atoms with van der Waals surface area (Å²) >= 11 is 6.33. The highest BCUT2D eigenvalue weighted by atomic mass is 35.5. The molecule has 8 heteroatoms. The van der Waals surface area contributed by atoms with Crippen LogP contribution in [0, 0.1) is 0 Å². The summed E-state index contributed by atoms with van der Waals surface area (Å²) in [7, 11) is 0. The van der Waals surface area contributed by atoms with Crippen LogP contribution in [-0.2, 0) is 9.59 Å². The summed E-state index contributed by atoms with van der Waals surface area (Å²) in [5.41, 5.74) is 5.02. The van der Waals surface area contributed by atoms with E-state index in [0.717, 1.165) is 34.4 Å². The van der Waals surface area contributed by atoms with Gasteiger partial charge in [0.25, 0.3) is 0 Å². The van der Waals surface area contributed by atoms with Crippen LogP contribution < -0.4 is 0 Å². The Hall–Kier alpha value is -4.36. The maximum absolute atomic E-state index is 10.8. The molecule has 0 spiro atoms. The first kappa shape index (κ1) is 21.9. The quantitative estimate of drug-likeness (QED) is 0.382. The normalized spacial score (nSPS) is 11.4. The van der Waals surface area contributed by atoms with Crippen LogP contribution in [0.15, 0.2) is 72.9 Å². The molecule has 2 heterocycles. The smallest absolute Gasteiger partial charge is 0.328 e. The van der Waals surface area contributed by atoms with E-state index in [4.69, 9.17) is 31.8 Å². The SMILES string of the molecule is O=C(O)/C=C/c1ccc(-c2nc3nccc(Cl)c3nc2-c2ccc(/C=C/C(=O)O)cc2)cc1. The van der Waals surface area contributed by atoms with Crippen molar-refractivity contribution in [2.75, 3.05) is 0 Å². The molecule has 0 aliphatic heterocycles. The summed E-state index contributed by atoms with van der Waals surface area (Å²) in [5.74, 6) is -2.04. The number of carboxylic acid groups (broad SMARTS) is 2. The highest BCUT2D eigenvalue weighted by Crippen LogP contribution is 2.32. The summed E-state index contributed by atoms with van der Waals surface area (Å²) in [5, 5.41) is 18.1. The van der Waals surface area contributed by atoms with Gasteiger partial charge in [0.1, 0.15) is 5.52 Å².